The molecule has 0 aliphatic rings. The fraction of sp³-hybridized carbons (Fsp3) is 0.467. The summed E-state index contributed by atoms with van der Waals surface area (Å²) in [7, 11) is 0. The first-order valence-corrected chi connectivity index (χ1v) is 6.36. The van der Waals surface area contributed by atoms with Crippen LogP contribution >= 0.6 is 0 Å². The molecule has 1 aromatic rings. The molecule has 0 fully saturated rings. The van der Waals surface area contributed by atoms with Crippen molar-refractivity contribution in [3.8, 4) is 0 Å². The Morgan fingerprint density at radius 2 is 1.79 bits per heavy atom. The molecule has 0 aliphatic heterocycles. The van der Waals surface area contributed by atoms with Crippen LogP contribution in [0.25, 0.3) is 0 Å². The van der Waals surface area contributed by atoms with E-state index < -0.39 is 11.7 Å². The van der Waals surface area contributed by atoms with Crippen LogP contribution in [0.15, 0.2) is 30.3 Å². The molecule has 0 aliphatic carbocycles. The van der Waals surface area contributed by atoms with Crippen LogP contribution in [0, 0.1) is 0 Å². The number of rotatable bonds is 4. The third-order valence-corrected chi connectivity index (χ3v) is 2.35. The van der Waals surface area contributed by atoms with Gasteiger partial charge in [-0.15, -0.1) is 0 Å². The van der Waals surface area contributed by atoms with E-state index in [0.29, 0.717) is 5.56 Å². The fourth-order valence-corrected chi connectivity index (χ4v) is 1.58. The quantitative estimate of drug-likeness (QED) is 0.849. The molecule has 1 aromatic carbocycles. The molecule has 1 amide bonds. The molecule has 0 radical (unpaired) electrons. The van der Waals surface area contributed by atoms with Gasteiger partial charge in [0.25, 0.3) is 0 Å². The van der Waals surface area contributed by atoms with Gasteiger partial charge in [-0.05, 0) is 27.7 Å². The minimum atomic E-state index is -0.534. The number of ether oxygens (including phenoxy) is 1. The number of ketones is 1. The maximum Gasteiger partial charge on any atom is 0.407 e. The molecule has 0 spiro atoms. The Morgan fingerprint density at radius 3 is 2.32 bits per heavy atom. The summed E-state index contributed by atoms with van der Waals surface area (Å²) < 4.78 is 5.13. The SMILES string of the molecule is C[C@H](CC(=O)c1ccccc1)NC(=O)OC(C)(C)C. The fourth-order valence-electron chi connectivity index (χ4n) is 1.58. The van der Waals surface area contributed by atoms with Gasteiger partial charge < -0.3 is 10.1 Å². The van der Waals surface area contributed by atoms with Gasteiger partial charge in [-0.3, -0.25) is 4.79 Å². The van der Waals surface area contributed by atoms with E-state index in [1.807, 2.05) is 18.2 Å². The molecule has 1 rings (SSSR count). The monoisotopic (exact) mass is 263 g/mol. The molecule has 1 N–H and O–H groups in total. The summed E-state index contributed by atoms with van der Waals surface area (Å²) in [6.07, 6.45) is -0.246. The lowest BCUT2D eigenvalue weighted by Crippen LogP contribution is -2.38. The molecule has 0 unspecified atom stereocenters. The van der Waals surface area contributed by atoms with Crippen molar-refractivity contribution in [1.29, 1.82) is 0 Å². The average molecular weight is 263 g/mol. The molecule has 0 aromatic heterocycles. The highest BCUT2D eigenvalue weighted by atomic mass is 16.6. The highest BCUT2D eigenvalue weighted by Crippen LogP contribution is 2.08. The van der Waals surface area contributed by atoms with E-state index >= 15 is 0 Å². The van der Waals surface area contributed by atoms with Gasteiger partial charge in [0.05, 0.1) is 0 Å². The van der Waals surface area contributed by atoms with Crippen molar-refractivity contribution in [2.24, 2.45) is 0 Å². The Kier molecular flexibility index (Phi) is 5.10. The minimum Gasteiger partial charge on any atom is -0.444 e. The van der Waals surface area contributed by atoms with E-state index in [-0.39, 0.29) is 18.2 Å². The summed E-state index contributed by atoms with van der Waals surface area (Å²) in [4.78, 5) is 23.5. The predicted octanol–water partition coefficient (Wildman–Crippen LogP) is 3.17. The standard InChI is InChI=1S/C15H21NO3/c1-11(16-14(18)19-15(2,3)4)10-13(17)12-8-6-5-7-9-12/h5-9,11H,10H2,1-4H3,(H,16,18)/t11-/m1/s1. The van der Waals surface area contributed by atoms with E-state index in [9.17, 15) is 9.59 Å². The number of Topliss-reactive ketones (excluding diaryl/α,β-unsaturated/α-hetero) is 1. The summed E-state index contributed by atoms with van der Waals surface area (Å²) in [6, 6.07) is 8.77. The lowest BCUT2D eigenvalue weighted by Gasteiger charge is -2.21. The molecule has 0 heterocycles. The normalized spacial score (nSPS) is 12.6. The molecular formula is C15H21NO3. The van der Waals surface area contributed by atoms with E-state index in [0.717, 1.165) is 0 Å². The summed E-state index contributed by atoms with van der Waals surface area (Å²) in [5.41, 5.74) is 0.119. The summed E-state index contributed by atoms with van der Waals surface area (Å²) in [5.74, 6) is 0.00385. The Balaban J connectivity index is 2.45. The predicted molar refractivity (Wildman–Crippen MR) is 74.2 cm³/mol. The molecule has 0 bridgehead atoms. The third-order valence-electron chi connectivity index (χ3n) is 2.35. The molecule has 1 atom stereocenters. The van der Waals surface area contributed by atoms with Crippen LogP contribution in [0.4, 0.5) is 4.79 Å². The lowest BCUT2D eigenvalue weighted by molar-refractivity contribution is 0.0506. The van der Waals surface area contributed by atoms with Crippen LogP contribution in [-0.2, 0) is 4.74 Å². The van der Waals surface area contributed by atoms with Crippen molar-refractivity contribution < 1.29 is 14.3 Å². The van der Waals surface area contributed by atoms with Crippen LogP contribution in [0.2, 0.25) is 0 Å². The van der Waals surface area contributed by atoms with Gasteiger partial charge in [0.1, 0.15) is 5.60 Å². The first kappa shape index (κ1) is 15.2. The largest absolute Gasteiger partial charge is 0.444 e. The minimum absolute atomic E-state index is 0.00385. The van der Waals surface area contributed by atoms with Gasteiger partial charge in [-0.25, -0.2) is 4.79 Å². The molecule has 104 valence electrons. The number of amides is 1. The number of benzene rings is 1. The number of nitrogens with one attached hydrogen (secondary N) is 1. The second kappa shape index (κ2) is 6.36. The molecule has 0 saturated heterocycles. The number of carbonyl (C=O) groups excluding carboxylic acids is 2. The first-order chi connectivity index (χ1) is 8.78. The molecule has 19 heavy (non-hydrogen) atoms. The number of hydrogen-bond donors (Lipinski definition) is 1. The van der Waals surface area contributed by atoms with Crippen molar-refractivity contribution in [2.45, 2.75) is 45.8 Å². The zero-order valence-corrected chi connectivity index (χ0v) is 11.9. The van der Waals surface area contributed by atoms with Crippen LogP contribution in [-0.4, -0.2) is 23.5 Å². The smallest absolute Gasteiger partial charge is 0.407 e. The van der Waals surface area contributed by atoms with Crippen molar-refractivity contribution >= 4 is 11.9 Å². The van der Waals surface area contributed by atoms with Crippen LogP contribution in [0.5, 0.6) is 0 Å². The van der Waals surface area contributed by atoms with Crippen LogP contribution in [0.1, 0.15) is 44.5 Å². The number of alkyl carbamates (subject to hydrolysis) is 1. The summed E-state index contributed by atoms with van der Waals surface area (Å²) >= 11 is 0. The van der Waals surface area contributed by atoms with Gasteiger partial charge in [0, 0.05) is 18.0 Å². The van der Waals surface area contributed by atoms with E-state index in [1.54, 1.807) is 39.8 Å². The molecule has 4 nitrogen and oxygen atoms in total. The van der Waals surface area contributed by atoms with Crippen LogP contribution in [0.3, 0.4) is 0 Å². The van der Waals surface area contributed by atoms with Crippen molar-refractivity contribution in [1.82, 2.24) is 5.32 Å². The maximum atomic E-state index is 11.9. The van der Waals surface area contributed by atoms with E-state index in [2.05, 4.69) is 5.32 Å². The zero-order chi connectivity index (χ0) is 14.5. The zero-order valence-electron chi connectivity index (χ0n) is 11.9. The van der Waals surface area contributed by atoms with Gasteiger partial charge in [-0.2, -0.15) is 0 Å². The van der Waals surface area contributed by atoms with Crippen LogP contribution < -0.4 is 5.32 Å². The van der Waals surface area contributed by atoms with Gasteiger partial charge >= 0.3 is 6.09 Å². The second-order valence-corrected chi connectivity index (χ2v) is 5.54. The third kappa shape index (κ3) is 6.04. The van der Waals surface area contributed by atoms with Gasteiger partial charge in [0.15, 0.2) is 5.78 Å². The Labute approximate surface area is 114 Å². The van der Waals surface area contributed by atoms with Gasteiger partial charge in [0.2, 0.25) is 0 Å². The number of hydrogen-bond acceptors (Lipinski definition) is 3. The van der Waals surface area contributed by atoms with Crippen molar-refractivity contribution in [3.63, 3.8) is 0 Å². The maximum absolute atomic E-state index is 11.9. The summed E-state index contributed by atoms with van der Waals surface area (Å²) in [6.45, 7) is 7.18. The molecule has 0 saturated carbocycles. The molecular weight excluding hydrogens is 242 g/mol. The highest BCUT2D eigenvalue weighted by molar-refractivity contribution is 5.96. The lowest BCUT2D eigenvalue weighted by atomic mass is 10.1. The second-order valence-electron chi connectivity index (χ2n) is 5.54. The first-order valence-electron chi connectivity index (χ1n) is 6.36. The summed E-state index contributed by atoms with van der Waals surface area (Å²) in [5, 5.41) is 2.66. The Hall–Kier alpha value is -1.84. The Morgan fingerprint density at radius 1 is 1.21 bits per heavy atom. The molecule has 4 heteroatoms. The Bertz CT molecular complexity index is 434. The van der Waals surface area contributed by atoms with Crippen molar-refractivity contribution in [3.05, 3.63) is 35.9 Å². The van der Waals surface area contributed by atoms with Gasteiger partial charge in [-0.1, -0.05) is 30.3 Å². The number of carbonyl (C=O) groups is 2. The highest BCUT2D eigenvalue weighted by Gasteiger charge is 2.19. The van der Waals surface area contributed by atoms with E-state index in [4.69, 9.17) is 4.74 Å². The topological polar surface area (TPSA) is 55.4 Å². The average Bonchev–Trinajstić information content (AvgIpc) is 2.27. The van der Waals surface area contributed by atoms with E-state index in [1.165, 1.54) is 0 Å². The van der Waals surface area contributed by atoms with Crippen molar-refractivity contribution in [2.75, 3.05) is 0 Å².